The van der Waals surface area contributed by atoms with Gasteiger partial charge in [0.05, 0.1) is 18.3 Å². The molecule has 0 unspecified atom stereocenters. The number of hydrogen-bond acceptors (Lipinski definition) is 4. The molecule has 0 bridgehead atoms. The Morgan fingerprint density at radius 3 is 2.48 bits per heavy atom. The number of rotatable bonds is 6. The number of esters is 1. The van der Waals surface area contributed by atoms with Gasteiger partial charge in [0.1, 0.15) is 5.82 Å². The molecule has 0 aliphatic rings. The molecule has 5 nitrogen and oxygen atoms in total. The van der Waals surface area contributed by atoms with E-state index in [1.165, 1.54) is 19.2 Å². The molecule has 3 N–H and O–H groups in total. The van der Waals surface area contributed by atoms with Gasteiger partial charge in [-0.3, -0.25) is 4.79 Å². The molecule has 3 aromatic rings. The number of nitrogens with two attached hydrogens (primary N) is 1. The predicted octanol–water partition coefficient (Wildman–Crippen LogP) is 4.72. The van der Waals surface area contributed by atoms with Gasteiger partial charge in [-0.1, -0.05) is 13.8 Å². The third-order valence-electron chi connectivity index (χ3n) is 5.00. The van der Waals surface area contributed by atoms with Crippen LogP contribution in [0.3, 0.4) is 0 Å². The molecule has 3 rings (SSSR count). The molecule has 0 aliphatic carbocycles. The third-order valence-corrected chi connectivity index (χ3v) is 5.00. The van der Waals surface area contributed by atoms with Crippen LogP contribution >= 0.6 is 0 Å². The number of aryl methyl sites for hydroxylation is 1. The predicted molar refractivity (Wildman–Crippen MR) is 110 cm³/mol. The summed E-state index contributed by atoms with van der Waals surface area (Å²) in [7, 11) is 1.31. The lowest BCUT2D eigenvalue weighted by atomic mass is 9.98. The van der Waals surface area contributed by atoms with Gasteiger partial charge in [-0.15, -0.1) is 0 Å². The number of benzene rings is 2. The van der Waals surface area contributed by atoms with Gasteiger partial charge in [0.15, 0.2) is 5.82 Å². The molecule has 1 aromatic heterocycles. The summed E-state index contributed by atoms with van der Waals surface area (Å²) < 4.78 is 35.4. The second-order valence-electron chi connectivity index (χ2n) is 7.14. The van der Waals surface area contributed by atoms with Crippen molar-refractivity contribution in [2.45, 2.75) is 32.6 Å². The van der Waals surface area contributed by atoms with Gasteiger partial charge in [-0.25, -0.2) is 8.78 Å². The van der Waals surface area contributed by atoms with E-state index in [0.717, 1.165) is 11.9 Å². The number of hydrogen-bond donors (Lipinski definition) is 2. The highest BCUT2D eigenvalue weighted by atomic mass is 19.1. The number of carbonyl (C=O) groups is 1. The van der Waals surface area contributed by atoms with Crippen molar-refractivity contribution < 1.29 is 18.3 Å². The first kappa shape index (κ1) is 20.5. The van der Waals surface area contributed by atoms with E-state index in [1.807, 2.05) is 18.4 Å². The number of aromatic nitrogens is 1. The zero-order valence-corrected chi connectivity index (χ0v) is 16.6. The van der Waals surface area contributed by atoms with Crippen LogP contribution in [0.25, 0.3) is 16.6 Å². The molecule has 0 saturated heterocycles. The van der Waals surface area contributed by atoms with Gasteiger partial charge >= 0.3 is 5.97 Å². The number of nitrogen functional groups attached to an aromatic ring is 1. The zero-order valence-electron chi connectivity index (χ0n) is 16.6. The van der Waals surface area contributed by atoms with Crippen molar-refractivity contribution in [1.29, 1.82) is 5.41 Å². The summed E-state index contributed by atoms with van der Waals surface area (Å²) in [5, 5.41) is 7.89. The maximum atomic E-state index is 15.3. The molecule has 0 amide bonds. The highest BCUT2D eigenvalue weighted by Crippen LogP contribution is 2.39. The Balaban J connectivity index is 2.42. The van der Waals surface area contributed by atoms with E-state index >= 15 is 4.39 Å². The molecule has 1 heterocycles. The first-order valence-electron chi connectivity index (χ1n) is 9.28. The van der Waals surface area contributed by atoms with E-state index in [1.54, 1.807) is 18.2 Å². The highest BCUT2D eigenvalue weighted by Gasteiger charge is 2.25. The molecule has 29 heavy (non-hydrogen) atoms. The Morgan fingerprint density at radius 2 is 1.93 bits per heavy atom. The average molecular weight is 399 g/mol. The average Bonchev–Trinajstić information content (AvgIpc) is 3.03. The van der Waals surface area contributed by atoms with E-state index in [2.05, 4.69) is 0 Å². The van der Waals surface area contributed by atoms with Gasteiger partial charge < -0.3 is 20.4 Å². The largest absolute Gasteiger partial charge is 0.469 e. The smallest absolute Gasteiger partial charge is 0.305 e. The summed E-state index contributed by atoms with van der Waals surface area (Å²) in [6, 6.07) is 7.55. The molecular formula is C22H23F2N3O2. The first-order chi connectivity index (χ1) is 13.8. The summed E-state index contributed by atoms with van der Waals surface area (Å²) in [5.74, 6) is -1.42. The van der Waals surface area contributed by atoms with Crippen molar-refractivity contribution >= 4 is 28.8 Å². The van der Waals surface area contributed by atoms with Gasteiger partial charge in [0, 0.05) is 35.0 Å². The fourth-order valence-electron chi connectivity index (χ4n) is 3.70. The van der Waals surface area contributed by atoms with E-state index in [9.17, 15) is 9.18 Å². The Hall–Kier alpha value is -3.22. The summed E-state index contributed by atoms with van der Waals surface area (Å²) >= 11 is 0. The van der Waals surface area contributed by atoms with E-state index in [4.69, 9.17) is 15.9 Å². The molecule has 2 aromatic carbocycles. The van der Waals surface area contributed by atoms with Crippen molar-refractivity contribution in [1.82, 2.24) is 4.57 Å². The van der Waals surface area contributed by atoms with Crippen molar-refractivity contribution in [3.05, 3.63) is 58.8 Å². The van der Waals surface area contributed by atoms with E-state index < -0.39 is 11.8 Å². The normalized spacial score (nSPS) is 11.2. The van der Waals surface area contributed by atoms with Crippen LogP contribution in [0, 0.1) is 17.0 Å². The maximum absolute atomic E-state index is 15.3. The minimum atomic E-state index is -0.622. The molecule has 152 valence electrons. The summed E-state index contributed by atoms with van der Waals surface area (Å²) in [6.45, 7) is 3.93. The van der Waals surface area contributed by atoms with Crippen LogP contribution in [0.5, 0.6) is 0 Å². The molecule has 0 fully saturated rings. The lowest BCUT2D eigenvalue weighted by Crippen LogP contribution is -2.07. The molecule has 0 saturated carbocycles. The van der Waals surface area contributed by atoms with Gasteiger partial charge in [-0.05, 0) is 48.2 Å². The Morgan fingerprint density at radius 1 is 1.28 bits per heavy atom. The van der Waals surface area contributed by atoms with E-state index in [-0.39, 0.29) is 35.8 Å². The van der Waals surface area contributed by atoms with Crippen molar-refractivity contribution in [3.8, 4) is 5.69 Å². The Labute approximate surface area is 167 Å². The molecule has 0 aliphatic heterocycles. The van der Waals surface area contributed by atoms with Gasteiger partial charge in [0.2, 0.25) is 0 Å². The number of halogens is 2. The van der Waals surface area contributed by atoms with Crippen LogP contribution in [0.15, 0.2) is 30.3 Å². The van der Waals surface area contributed by atoms with Crippen LogP contribution in [0.2, 0.25) is 0 Å². The number of anilines is 1. The first-order valence-corrected chi connectivity index (χ1v) is 9.28. The number of methoxy groups -OCH3 is 1. The number of fused-ring (bicyclic) bond motifs is 1. The quantitative estimate of drug-likeness (QED) is 0.358. The summed E-state index contributed by atoms with van der Waals surface area (Å²) in [5.41, 5.74) is 8.71. The molecular weight excluding hydrogens is 376 g/mol. The third kappa shape index (κ3) is 3.60. The number of nitrogens with one attached hydrogen (secondary N) is 1. The topological polar surface area (TPSA) is 81.1 Å². The number of nitrogens with zero attached hydrogens (tertiary/aromatic N) is 1. The highest BCUT2D eigenvalue weighted by molar-refractivity contribution is 5.98. The van der Waals surface area contributed by atoms with E-state index in [0.29, 0.717) is 22.2 Å². The fourth-order valence-corrected chi connectivity index (χ4v) is 3.70. The molecule has 0 radical (unpaired) electrons. The van der Waals surface area contributed by atoms with Gasteiger partial charge in [-0.2, -0.15) is 0 Å². The second-order valence-corrected chi connectivity index (χ2v) is 7.14. The van der Waals surface area contributed by atoms with Gasteiger partial charge in [0.25, 0.3) is 0 Å². The Kier molecular flexibility index (Phi) is 5.68. The van der Waals surface area contributed by atoms with Crippen molar-refractivity contribution in [2.75, 3.05) is 12.8 Å². The molecule has 7 heteroatoms. The number of ether oxygens (including phenoxy) is 1. The molecule has 0 spiro atoms. The van der Waals surface area contributed by atoms with Crippen LogP contribution in [-0.4, -0.2) is 23.9 Å². The van der Waals surface area contributed by atoms with Crippen molar-refractivity contribution in [2.24, 2.45) is 0 Å². The summed E-state index contributed by atoms with van der Waals surface area (Å²) in [6.07, 6.45) is 1.36. The van der Waals surface area contributed by atoms with Crippen LogP contribution < -0.4 is 5.73 Å². The zero-order chi connectivity index (χ0) is 21.3. The number of carbonyl (C=O) groups excluding carboxylic acids is 1. The standard InChI is InChI=1S/C22H23F2N3O2/c1-12(2)22-16(8-9-18(28)29-3)19-17(10-13(11-25)21(26)20(19)24)27(22)15-6-4-14(23)5-7-15/h4-7,10-12,25H,8-9,26H2,1-3H3. The van der Waals surface area contributed by atoms with Crippen LogP contribution in [0.4, 0.5) is 14.5 Å². The van der Waals surface area contributed by atoms with Crippen LogP contribution in [-0.2, 0) is 16.0 Å². The SMILES string of the molecule is COC(=O)CCc1c(C(C)C)n(-c2ccc(F)cc2)c2cc(C=N)c(N)c(F)c12. The second kappa shape index (κ2) is 8.03. The molecule has 0 atom stereocenters. The Bertz CT molecular complexity index is 1090. The van der Waals surface area contributed by atoms with Crippen molar-refractivity contribution in [3.63, 3.8) is 0 Å². The minimum Gasteiger partial charge on any atom is -0.469 e. The lowest BCUT2D eigenvalue weighted by molar-refractivity contribution is -0.140. The fraction of sp³-hybridized carbons (Fsp3) is 0.273. The monoisotopic (exact) mass is 399 g/mol. The summed E-state index contributed by atoms with van der Waals surface area (Å²) in [4.78, 5) is 11.8. The minimum absolute atomic E-state index is 0.0239. The lowest BCUT2D eigenvalue weighted by Gasteiger charge is -2.15. The maximum Gasteiger partial charge on any atom is 0.305 e. The van der Waals surface area contributed by atoms with Crippen LogP contribution in [0.1, 0.15) is 43.0 Å².